The van der Waals surface area contributed by atoms with Crippen LogP contribution in [0.2, 0.25) is 10.0 Å². The van der Waals surface area contributed by atoms with Crippen LogP contribution in [0.3, 0.4) is 0 Å². The van der Waals surface area contributed by atoms with E-state index in [9.17, 15) is 9.59 Å². The Morgan fingerprint density at radius 1 is 1.12 bits per heavy atom. The molecule has 0 radical (unpaired) electrons. The van der Waals surface area contributed by atoms with Crippen molar-refractivity contribution in [3.05, 3.63) is 28.2 Å². The Balaban J connectivity index is 1.73. The summed E-state index contributed by atoms with van der Waals surface area (Å²) in [5.74, 6) is 0.436. The van der Waals surface area contributed by atoms with Gasteiger partial charge in [0.2, 0.25) is 0 Å². The van der Waals surface area contributed by atoms with Gasteiger partial charge in [-0.25, -0.2) is 9.59 Å². The minimum absolute atomic E-state index is 0.0214. The van der Waals surface area contributed by atoms with Crippen molar-refractivity contribution in [1.82, 2.24) is 15.1 Å². The van der Waals surface area contributed by atoms with Crippen molar-refractivity contribution >= 4 is 35.3 Å². The molecule has 1 heterocycles. The number of nitrogens with zero attached hydrogens (tertiary/aromatic N) is 2. The van der Waals surface area contributed by atoms with E-state index in [1.165, 1.54) is 0 Å². The van der Waals surface area contributed by atoms with Gasteiger partial charge in [0.25, 0.3) is 0 Å². The van der Waals surface area contributed by atoms with Crippen LogP contribution in [0, 0.1) is 0 Å². The molecule has 0 aliphatic carbocycles. The largest absolute Gasteiger partial charge is 0.472 e. The Morgan fingerprint density at radius 3 is 2.31 bits per heavy atom. The van der Waals surface area contributed by atoms with Crippen molar-refractivity contribution in [1.29, 1.82) is 0 Å². The molecule has 7 nitrogen and oxygen atoms in total. The molecule has 0 saturated carbocycles. The summed E-state index contributed by atoms with van der Waals surface area (Å²) in [5, 5.41) is 3.54. The zero-order chi connectivity index (χ0) is 19.3. The lowest BCUT2D eigenvalue weighted by Crippen LogP contribution is -2.54. The van der Waals surface area contributed by atoms with Gasteiger partial charge in [0.15, 0.2) is 6.73 Å². The fourth-order valence-electron chi connectivity index (χ4n) is 2.30. The van der Waals surface area contributed by atoms with E-state index < -0.39 is 5.60 Å². The van der Waals surface area contributed by atoms with Crippen LogP contribution < -0.4 is 10.1 Å². The molecule has 1 aromatic rings. The number of piperazine rings is 1. The van der Waals surface area contributed by atoms with Crippen molar-refractivity contribution in [3.63, 3.8) is 0 Å². The van der Waals surface area contributed by atoms with Crippen molar-refractivity contribution in [3.8, 4) is 5.75 Å². The zero-order valence-electron chi connectivity index (χ0n) is 15.1. The van der Waals surface area contributed by atoms with Crippen molar-refractivity contribution in [2.45, 2.75) is 26.4 Å². The van der Waals surface area contributed by atoms with Gasteiger partial charge >= 0.3 is 12.1 Å². The van der Waals surface area contributed by atoms with E-state index >= 15 is 0 Å². The Bertz CT molecular complexity index is 656. The van der Waals surface area contributed by atoms with E-state index in [4.69, 9.17) is 32.7 Å². The monoisotopic (exact) mass is 403 g/mol. The van der Waals surface area contributed by atoms with Crippen LogP contribution >= 0.6 is 23.2 Å². The maximum absolute atomic E-state index is 12.2. The Hall–Kier alpha value is -1.86. The topological polar surface area (TPSA) is 71.1 Å². The van der Waals surface area contributed by atoms with Gasteiger partial charge in [-0.1, -0.05) is 23.2 Å². The highest BCUT2D eigenvalue weighted by Gasteiger charge is 2.27. The van der Waals surface area contributed by atoms with Crippen molar-refractivity contribution in [2.24, 2.45) is 0 Å². The summed E-state index contributed by atoms with van der Waals surface area (Å²) >= 11 is 11.8. The third-order valence-electron chi connectivity index (χ3n) is 3.56. The van der Waals surface area contributed by atoms with Gasteiger partial charge < -0.3 is 24.6 Å². The SMILES string of the molecule is CC(C)(C)OC(=O)N1CCN(C(=O)NCOc2ccc(Cl)cc2Cl)CC1. The van der Waals surface area contributed by atoms with Crippen LogP contribution in [0.15, 0.2) is 18.2 Å². The Morgan fingerprint density at radius 2 is 1.73 bits per heavy atom. The van der Waals surface area contributed by atoms with Crippen LogP contribution in [0.4, 0.5) is 9.59 Å². The van der Waals surface area contributed by atoms with Gasteiger partial charge in [-0.05, 0) is 39.0 Å². The van der Waals surface area contributed by atoms with Crippen molar-refractivity contribution in [2.75, 3.05) is 32.9 Å². The molecule has 1 fully saturated rings. The predicted molar refractivity (Wildman–Crippen MR) is 99.9 cm³/mol. The summed E-state index contributed by atoms with van der Waals surface area (Å²) in [6, 6.07) is 4.59. The molecule has 144 valence electrons. The highest BCUT2D eigenvalue weighted by atomic mass is 35.5. The third-order valence-corrected chi connectivity index (χ3v) is 4.09. The zero-order valence-corrected chi connectivity index (χ0v) is 16.6. The molecule has 1 aliphatic rings. The minimum atomic E-state index is -0.536. The quantitative estimate of drug-likeness (QED) is 0.782. The van der Waals surface area contributed by atoms with E-state index in [1.807, 2.05) is 20.8 Å². The normalized spacial score (nSPS) is 14.8. The highest BCUT2D eigenvalue weighted by Crippen LogP contribution is 2.27. The lowest BCUT2D eigenvalue weighted by atomic mass is 10.2. The highest BCUT2D eigenvalue weighted by molar-refractivity contribution is 6.35. The van der Waals surface area contributed by atoms with Gasteiger partial charge in [-0.2, -0.15) is 0 Å². The fraction of sp³-hybridized carbons (Fsp3) is 0.529. The lowest BCUT2D eigenvalue weighted by molar-refractivity contribution is 0.0168. The number of nitrogens with one attached hydrogen (secondary N) is 1. The standard InChI is InChI=1S/C17H23Cl2N3O4/c1-17(2,3)26-16(24)22-8-6-21(7-9-22)15(23)20-11-25-14-5-4-12(18)10-13(14)19/h4-5,10H,6-9,11H2,1-3H3,(H,20,23). The third kappa shape index (κ3) is 6.14. The number of hydrogen-bond acceptors (Lipinski definition) is 4. The van der Waals surface area contributed by atoms with Crippen LogP contribution in [0.5, 0.6) is 5.75 Å². The van der Waals surface area contributed by atoms with Gasteiger partial charge in [0.1, 0.15) is 11.4 Å². The van der Waals surface area contributed by atoms with E-state index in [1.54, 1.807) is 28.0 Å². The first-order valence-corrected chi connectivity index (χ1v) is 9.00. The second-order valence-electron chi connectivity index (χ2n) is 6.80. The van der Waals surface area contributed by atoms with Crippen molar-refractivity contribution < 1.29 is 19.1 Å². The van der Waals surface area contributed by atoms with Gasteiger partial charge in [0.05, 0.1) is 5.02 Å². The van der Waals surface area contributed by atoms with E-state index in [-0.39, 0.29) is 18.9 Å². The summed E-state index contributed by atoms with van der Waals surface area (Å²) in [7, 11) is 0. The molecule has 1 saturated heterocycles. The number of ether oxygens (including phenoxy) is 2. The fourth-order valence-corrected chi connectivity index (χ4v) is 2.76. The number of carbonyl (C=O) groups excluding carboxylic acids is 2. The molecule has 9 heteroatoms. The molecule has 1 aromatic carbocycles. The van der Waals surface area contributed by atoms with Gasteiger partial charge in [-0.3, -0.25) is 0 Å². The molecule has 3 amide bonds. The first-order valence-electron chi connectivity index (χ1n) is 8.24. The molecule has 0 spiro atoms. The number of rotatable bonds is 3. The number of benzene rings is 1. The van der Waals surface area contributed by atoms with E-state index in [2.05, 4.69) is 5.32 Å². The molecule has 2 rings (SSSR count). The average molecular weight is 404 g/mol. The molecule has 0 atom stereocenters. The molecule has 1 aliphatic heterocycles. The molecular formula is C17H23Cl2N3O4. The minimum Gasteiger partial charge on any atom is -0.472 e. The second-order valence-corrected chi connectivity index (χ2v) is 7.64. The Labute approximate surface area is 163 Å². The molecule has 26 heavy (non-hydrogen) atoms. The van der Waals surface area contributed by atoms with E-state index in [0.717, 1.165) is 0 Å². The van der Waals surface area contributed by atoms with Crippen LogP contribution in [0.25, 0.3) is 0 Å². The second kappa shape index (κ2) is 8.68. The maximum atomic E-state index is 12.2. The molecular weight excluding hydrogens is 381 g/mol. The lowest BCUT2D eigenvalue weighted by Gasteiger charge is -2.35. The number of amides is 3. The first-order chi connectivity index (χ1) is 12.2. The van der Waals surface area contributed by atoms with Gasteiger partial charge in [0, 0.05) is 31.2 Å². The summed E-state index contributed by atoms with van der Waals surface area (Å²) in [5.41, 5.74) is -0.536. The molecule has 0 aromatic heterocycles. The summed E-state index contributed by atoms with van der Waals surface area (Å²) in [6.45, 7) is 7.13. The number of urea groups is 1. The van der Waals surface area contributed by atoms with E-state index in [0.29, 0.717) is 42.0 Å². The number of carbonyl (C=O) groups is 2. The van der Waals surface area contributed by atoms with Crippen LogP contribution in [-0.2, 0) is 4.74 Å². The predicted octanol–water partition coefficient (Wildman–Crippen LogP) is 3.59. The van der Waals surface area contributed by atoms with Crippen LogP contribution in [0.1, 0.15) is 20.8 Å². The molecule has 0 bridgehead atoms. The summed E-state index contributed by atoms with van der Waals surface area (Å²) < 4.78 is 10.8. The number of hydrogen-bond donors (Lipinski definition) is 1. The Kier molecular flexibility index (Phi) is 6.83. The molecule has 0 unspecified atom stereocenters. The van der Waals surface area contributed by atoms with Gasteiger partial charge in [-0.15, -0.1) is 0 Å². The summed E-state index contributed by atoms with van der Waals surface area (Å²) in [4.78, 5) is 27.4. The first kappa shape index (κ1) is 20.5. The smallest absolute Gasteiger partial charge is 0.410 e. The number of halogens is 2. The summed E-state index contributed by atoms with van der Waals surface area (Å²) in [6.07, 6.45) is -0.363. The maximum Gasteiger partial charge on any atom is 0.410 e. The average Bonchev–Trinajstić information content (AvgIpc) is 2.55. The molecule has 1 N–H and O–H groups in total. The van der Waals surface area contributed by atoms with Crippen LogP contribution in [-0.4, -0.2) is 60.4 Å².